The average Bonchev–Trinajstić information content (AvgIpc) is 2.32. The van der Waals surface area contributed by atoms with Crippen molar-refractivity contribution in [1.29, 1.82) is 0 Å². The van der Waals surface area contributed by atoms with Gasteiger partial charge < -0.3 is 5.73 Å². The van der Waals surface area contributed by atoms with E-state index in [1.165, 1.54) is 45.3 Å². The Balaban J connectivity index is 1.61. The molecule has 3 aliphatic carbocycles. The van der Waals surface area contributed by atoms with Crippen molar-refractivity contribution in [2.75, 3.05) is 19.6 Å². The second-order valence-corrected chi connectivity index (χ2v) is 6.93. The zero-order valence-corrected chi connectivity index (χ0v) is 11.3. The summed E-state index contributed by atoms with van der Waals surface area (Å²) in [5, 5.41) is 0. The summed E-state index contributed by atoms with van der Waals surface area (Å²) >= 11 is 0. The summed E-state index contributed by atoms with van der Waals surface area (Å²) in [4.78, 5) is 2.62. The number of hydrogen-bond donors (Lipinski definition) is 1. The van der Waals surface area contributed by atoms with Crippen LogP contribution in [0.25, 0.3) is 0 Å². The van der Waals surface area contributed by atoms with E-state index in [9.17, 15) is 0 Å². The highest BCUT2D eigenvalue weighted by atomic mass is 15.1. The van der Waals surface area contributed by atoms with Crippen LogP contribution in [-0.4, -0.2) is 30.6 Å². The summed E-state index contributed by atoms with van der Waals surface area (Å²) in [6, 6.07) is 0.455. The Kier molecular flexibility index (Phi) is 2.83. The molecule has 2 bridgehead atoms. The van der Waals surface area contributed by atoms with Gasteiger partial charge in [0, 0.05) is 12.6 Å². The SMILES string of the molecule is CC1(C)[C@H]2CC=C(CN3CCC(N)CC3)[C@H]1C2. The first-order chi connectivity index (χ1) is 8.07. The second kappa shape index (κ2) is 4.10. The van der Waals surface area contributed by atoms with Crippen LogP contribution in [0.1, 0.15) is 39.5 Å². The maximum absolute atomic E-state index is 5.97. The van der Waals surface area contributed by atoms with E-state index in [1.54, 1.807) is 5.57 Å². The molecule has 17 heavy (non-hydrogen) atoms. The van der Waals surface area contributed by atoms with E-state index in [1.807, 2.05) is 0 Å². The van der Waals surface area contributed by atoms with E-state index in [-0.39, 0.29) is 0 Å². The van der Waals surface area contributed by atoms with E-state index in [2.05, 4.69) is 24.8 Å². The first-order valence-electron chi connectivity index (χ1n) is 7.24. The number of likely N-dealkylation sites (tertiary alicyclic amines) is 1. The van der Waals surface area contributed by atoms with Gasteiger partial charge in [0.15, 0.2) is 0 Å². The molecule has 4 aliphatic rings. The average molecular weight is 234 g/mol. The van der Waals surface area contributed by atoms with Gasteiger partial charge in [-0.3, -0.25) is 4.90 Å². The van der Waals surface area contributed by atoms with Gasteiger partial charge in [0.1, 0.15) is 0 Å². The topological polar surface area (TPSA) is 29.3 Å². The minimum absolute atomic E-state index is 0.455. The molecule has 2 N–H and O–H groups in total. The van der Waals surface area contributed by atoms with Crippen molar-refractivity contribution in [1.82, 2.24) is 4.90 Å². The lowest BCUT2D eigenvalue weighted by atomic mass is 9.49. The first-order valence-corrected chi connectivity index (χ1v) is 7.24. The fourth-order valence-corrected chi connectivity index (χ4v) is 4.03. The molecule has 0 aromatic rings. The van der Waals surface area contributed by atoms with Gasteiger partial charge in [-0.1, -0.05) is 25.5 Å². The highest BCUT2D eigenvalue weighted by Crippen LogP contribution is 2.59. The molecule has 4 rings (SSSR count). The van der Waals surface area contributed by atoms with Crippen molar-refractivity contribution < 1.29 is 0 Å². The molecule has 1 saturated carbocycles. The Morgan fingerprint density at radius 1 is 1.35 bits per heavy atom. The quantitative estimate of drug-likeness (QED) is 0.743. The van der Waals surface area contributed by atoms with Crippen LogP contribution in [0.3, 0.4) is 0 Å². The number of nitrogens with two attached hydrogens (primary N) is 1. The van der Waals surface area contributed by atoms with E-state index < -0.39 is 0 Å². The van der Waals surface area contributed by atoms with Gasteiger partial charge >= 0.3 is 0 Å². The van der Waals surface area contributed by atoms with Gasteiger partial charge in [0.25, 0.3) is 0 Å². The monoisotopic (exact) mass is 234 g/mol. The van der Waals surface area contributed by atoms with E-state index >= 15 is 0 Å². The van der Waals surface area contributed by atoms with E-state index in [0.717, 1.165) is 11.8 Å². The van der Waals surface area contributed by atoms with Crippen LogP contribution < -0.4 is 5.73 Å². The Hall–Kier alpha value is -0.340. The summed E-state index contributed by atoms with van der Waals surface area (Å²) in [6.45, 7) is 8.55. The zero-order valence-electron chi connectivity index (χ0n) is 11.3. The fourth-order valence-electron chi connectivity index (χ4n) is 4.03. The second-order valence-electron chi connectivity index (χ2n) is 6.93. The minimum atomic E-state index is 0.455. The van der Waals surface area contributed by atoms with Crippen molar-refractivity contribution in [3.63, 3.8) is 0 Å². The summed E-state index contributed by atoms with van der Waals surface area (Å²) < 4.78 is 0. The lowest BCUT2D eigenvalue weighted by Gasteiger charge is -2.57. The number of allylic oxidation sites excluding steroid dienone is 1. The molecule has 0 aromatic heterocycles. The van der Waals surface area contributed by atoms with Crippen molar-refractivity contribution >= 4 is 0 Å². The normalized spacial score (nSPS) is 37.5. The Labute approximate surface area is 105 Å². The number of piperidine rings is 1. The van der Waals surface area contributed by atoms with Crippen LogP contribution in [0.4, 0.5) is 0 Å². The maximum atomic E-state index is 5.97. The van der Waals surface area contributed by atoms with Crippen LogP contribution in [-0.2, 0) is 0 Å². The molecule has 0 radical (unpaired) electrons. The maximum Gasteiger partial charge on any atom is 0.0195 e. The third-order valence-corrected chi connectivity index (χ3v) is 5.62. The molecule has 96 valence electrons. The fraction of sp³-hybridized carbons (Fsp3) is 0.867. The predicted octanol–water partition coefficient (Wildman–Crippen LogP) is 2.40. The summed E-state index contributed by atoms with van der Waals surface area (Å²) in [6.07, 6.45) is 7.69. The lowest BCUT2D eigenvalue weighted by Crippen LogP contribution is -2.50. The molecular weight excluding hydrogens is 208 g/mol. The standard InChI is InChI=1S/C15H26N2/c1-15(2)12-4-3-11(14(15)9-12)10-17-7-5-13(16)6-8-17/h3,12-14H,4-10,16H2,1-2H3/t12-,14+/m0/s1. The predicted molar refractivity (Wildman–Crippen MR) is 71.7 cm³/mol. The van der Waals surface area contributed by atoms with Crippen LogP contribution >= 0.6 is 0 Å². The first kappa shape index (κ1) is 11.7. The Morgan fingerprint density at radius 3 is 2.65 bits per heavy atom. The summed E-state index contributed by atoms with van der Waals surface area (Å²) in [5.74, 6) is 1.84. The van der Waals surface area contributed by atoms with E-state index in [4.69, 9.17) is 5.73 Å². The molecule has 0 amide bonds. The van der Waals surface area contributed by atoms with Crippen molar-refractivity contribution in [3.05, 3.63) is 11.6 Å². The Bertz CT molecular complexity index is 324. The zero-order chi connectivity index (χ0) is 12.0. The number of hydrogen-bond acceptors (Lipinski definition) is 2. The molecule has 2 atom stereocenters. The summed E-state index contributed by atoms with van der Waals surface area (Å²) in [5.41, 5.74) is 8.28. The van der Waals surface area contributed by atoms with Gasteiger partial charge in [-0.2, -0.15) is 0 Å². The number of fused-ring (bicyclic) bond motifs is 1. The van der Waals surface area contributed by atoms with Crippen LogP contribution in [0.5, 0.6) is 0 Å². The highest BCUT2D eigenvalue weighted by molar-refractivity contribution is 5.24. The molecule has 1 saturated heterocycles. The Morgan fingerprint density at radius 2 is 2.06 bits per heavy atom. The smallest absolute Gasteiger partial charge is 0.0195 e. The molecule has 2 nitrogen and oxygen atoms in total. The number of rotatable bonds is 2. The largest absolute Gasteiger partial charge is 0.328 e. The number of nitrogens with zero attached hydrogens (tertiary/aromatic N) is 1. The molecule has 1 heterocycles. The van der Waals surface area contributed by atoms with Gasteiger partial charge in [-0.25, -0.2) is 0 Å². The molecule has 2 fully saturated rings. The van der Waals surface area contributed by atoms with Crippen LogP contribution in [0.15, 0.2) is 11.6 Å². The van der Waals surface area contributed by atoms with Crippen molar-refractivity contribution in [2.24, 2.45) is 23.0 Å². The summed E-state index contributed by atoms with van der Waals surface area (Å²) in [7, 11) is 0. The van der Waals surface area contributed by atoms with E-state index in [0.29, 0.717) is 11.5 Å². The molecule has 0 spiro atoms. The van der Waals surface area contributed by atoms with Crippen molar-refractivity contribution in [3.8, 4) is 0 Å². The molecular formula is C15H26N2. The molecule has 1 aliphatic heterocycles. The van der Waals surface area contributed by atoms with Crippen LogP contribution in [0.2, 0.25) is 0 Å². The minimum Gasteiger partial charge on any atom is -0.328 e. The third-order valence-electron chi connectivity index (χ3n) is 5.62. The third kappa shape index (κ3) is 1.96. The molecule has 2 heteroatoms. The van der Waals surface area contributed by atoms with Gasteiger partial charge in [-0.15, -0.1) is 0 Å². The van der Waals surface area contributed by atoms with Gasteiger partial charge in [0.2, 0.25) is 0 Å². The van der Waals surface area contributed by atoms with Gasteiger partial charge in [0.05, 0.1) is 0 Å². The lowest BCUT2D eigenvalue weighted by molar-refractivity contribution is -0.0112. The van der Waals surface area contributed by atoms with Gasteiger partial charge in [-0.05, 0) is 56.0 Å². The van der Waals surface area contributed by atoms with Crippen LogP contribution in [0, 0.1) is 17.3 Å². The molecule has 0 aromatic carbocycles. The highest BCUT2D eigenvalue weighted by Gasteiger charge is 2.51. The molecule has 0 unspecified atom stereocenters. The van der Waals surface area contributed by atoms with Crippen molar-refractivity contribution in [2.45, 2.75) is 45.6 Å².